The topological polar surface area (TPSA) is 0 Å². The number of alkyl halides is 2. The van der Waals surface area contributed by atoms with E-state index in [9.17, 15) is 8.78 Å². The summed E-state index contributed by atoms with van der Waals surface area (Å²) in [7, 11) is 0. The van der Waals surface area contributed by atoms with Crippen LogP contribution < -0.4 is 0 Å². The fraction of sp³-hybridized carbons (Fsp3) is 1.00. The largest absolute Gasteiger partial charge is 0.247 e. The fourth-order valence-electron chi connectivity index (χ4n) is 1.58. The second kappa shape index (κ2) is 3.31. The summed E-state index contributed by atoms with van der Waals surface area (Å²) in [4.78, 5) is 0. The Morgan fingerprint density at radius 2 is 2.10 bits per heavy atom. The van der Waals surface area contributed by atoms with Gasteiger partial charge in [0, 0.05) is 0 Å². The van der Waals surface area contributed by atoms with Gasteiger partial charge >= 0.3 is 0 Å². The zero-order valence-corrected chi connectivity index (χ0v) is 6.32. The van der Waals surface area contributed by atoms with Gasteiger partial charge in [-0.05, 0) is 32.1 Å². The SMILES string of the molecule is CC(F)C1CCCC(F)C1. The van der Waals surface area contributed by atoms with Crippen molar-refractivity contribution in [3.05, 3.63) is 0 Å². The van der Waals surface area contributed by atoms with Gasteiger partial charge < -0.3 is 0 Å². The summed E-state index contributed by atoms with van der Waals surface area (Å²) in [5, 5.41) is 0. The van der Waals surface area contributed by atoms with Gasteiger partial charge in [0.05, 0.1) is 0 Å². The van der Waals surface area contributed by atoms with Gasteiger partial charge in [0.2, 0.25) is 0 Å². The molecule has 0 spiro atoms. The van der Waals surface area contributed by atoms with E-state index in [1.54, 1.807) is 0 Å². The summed E-state index contributed by atoms with van der Waals surface area (Å²) in [6, 6.07) is 0. The summed E-state index contributed by atoms with van der Waals surface area (Å²) in [6.45, 7) is 1.53. The van der Waals surface area contributed by atoms with Crippen molar-refractivity contribution in [2.24, 2.45) is 5.92 Å². The van der Waals surface area contributed by atoms with Gasteiger partial charge in [-0.15, -0.1) is 0 Å². The molecule has 1 fully saturated rings. The van der Waals surface area contributed by atoms with Crippen molar-refractivity contribution in [1.82, 2.24) is 0 Å². The molecule has 1 aliphatic carbocycles. The van der Waals surface area contributed by atoms with Crippen LogP contribution >= 0.6 is 0 Å². The standard InChI is InChI=1S/C8H14F2/c1-6(9)7-3-2-4-8(10)5-7/h6-8H,2-5H2,1H3. The molecule has 3 unspecified atom stereocenters. The molecule has 0 saturated heterocycles. The first kappa shape index (κ1) is 7.96. The summed E-state index contributed by atoms with van der Waals surface area (Å²) >= 11 is 0. The molecule has 0 aromatic heterocycles. The van der Waals surface area contributed by atoms with Crippen LogP contribution in [-0.2, 0) is 0 Å². The lowest BCUT2D eigenvalue weighted by Crippen LogP contribution is -2.22. The predicted molar refractivity (Wildman–Crippen MR) is 37.4 cm³/mol. The lowest BCUT2D eigenvalue weighted by molar-refractivity contribution is 0.133. The Balaban J connectivity index is 2.32. The van der Waals surface area contributed by atoms with Crippen LogP contribution in [0.3, 0.4) is 0 Å². The van der Waals surface area contributed by atoms with Crippen molar-refractivity contribution in [3.8, 4) is 0 Å². The van der Waals surface area contributed by atoms with Gasteiger partial charge in [-0.1, -0.05) is 6.42 Å². The normalized spacial score (nSPS) is 37.5. The molecule has 0 amide bonds. The lowest BCUT2D eigenvalue weighted by Gasteiger charge is -2.25. The Morgan fingerprint density at radius 1 is 1.40 bits per heavy atom. The summed E-state index contributed by atoms with van der Waals surface area (Å²) in [6.07, 6.45) is 1.26. The van der Waals surface area contributed by atoms with E-state index >= 15 is 0 Å². The van der Waals surface area contributed by atoms with Gasteiger partial charge in [-0.25, -0.2) is 8.78 Å². The Kier molecular flexibility index (Phi) is 2.64. The molecule has 0 nitrogen and oxygen atoms in total. The second-order valence-electron chi connectivity index (χ2n) is 3.20. The molecular formula is C8H14F2. The quantitative estimate of drug-likeness (QED) is 0.536. The van der Waals surface area contributed by atoms with Gasteiger partial charge in [0.15, 0.2) is 0 Å². The molecule has 0 aromatic carbocycles. The summed E-state index contributed by atoms with van der Waals surface area (Å²) in [5.41, 5.74) is 0. The first-order chi connectivity index (χ1) is 4.70. The number of hydrogen-bond acceptors (Lipinski definition) is 0. The van der Waals surface area contributed by atoms with Crippen LogP contribution in [0.15, 0.2) is 0 Å². The Hall–Kier alpha value is -0.140. The van der Waals surface area contributed by atoms with Gasteiger partial charge in [-0.2, -0.15) is 0 Å². The van der Waals surface area contributed by atoms with Crippen molar-refractivity contribution in [2.75, 3.05) is 0 Å². The van der Waals surface area contributed by atoms with Crippen LogP contribution in [0.2, 0.25) is 0 Å². The number of hydrogen-bond donors (Lipinski definition) is 0. The summed E-state index contributed by atoms with van der Waals surface area (Å²) < 4.78 is 25.2. The number of halogens is 2. The van der Waals surface area contributed by atoms with Crippen LogP contribution in [0.1, 0.15) is 32.6 Å². The van der Waals surface area contributed by atoms with Crippen molar-refractivity contribution in [3.63, 3.8) is 0 Å². The van der Waals surface area contributed by atoms with Crippen molar-refractivity contribution in [2.45, 2.75) is 45.0 Å². The minimum atomic E-state index is -0.821. The van der Waals surface area contributed by atoms with Crippen LogP contribution in [-0.4, -0.2) is 12.3 Å². The van der Waals surface area contributed by atoms with Crippen LogP contribution in [0.5, 0.6) is 0 Å². The molecular weight excluding hydrogens is 134 g/mol. The zero-order chi connectivity index (χ0) is 7.56. The van der Waals surface area contributed by atoms with Crippen LogP contribution in [0.25, 0.3) is 0 Å². The molecule has 1 rings (SSSR count). The average Bonchev–Trinajstić information content (AvgIpc) is 1.88. The molecule has 0 aromatic rings. The maximum atomic E-state index is 12.6. The van der Waals surface area contributed by atoms with E-state index in [0.717, 1.165) is 12.8 Å². The van der Waals surface area contributed by atoms with Gasteiger partial charge in [-0.3, -0.25) is 0 Å². The predicted octanol–water partition coefficient (Wildman–Crippen LogP) is 2.87. The highest BCUT2D eigenvalue weighted by Gasteiger charge is 2.25. The third-order valence-corrected chi connectivity index (χ3v) is 2.30. The van der Waals surface area contributed by atoms with Crippen molar-refractivity contribution < 1.29 is 8.78 Å². The van der Waals surface area contributed by atoms with E-state index < -0.39 is 12.3 Å². The smallest absolute Gasteiger partial charge is 0.100 e. The average molecular weight is 148 g/mol. The maximum absolute atomic E-state index is 12.6. The monoisotopic (exact) mass is 148 g/mol. The lowest BCUT2D eigenvalue weighted by atomic mass is 9.85. The molecule has 0 aliphatic heterocycles. The molecule has 0 heterocycles. The minimum absolute atomic E-state index is 0.0104. The second-order valence-corrected chi connectivity index (χ2v) is 3.20. The molecule has 3 atom stereocenters. The van der Waals surface area contributed by atoms with E-state index in [1.807, 2.05) is 0 Å². The highest BCUT2D eigenvalue weighted by Crippen LogP contribution is 2.29. The summed E-state index contributed by atoms with van der Waals surface area (Å²) in [5.74, 6) is -0.0104. The van der Waals surface area contributed by atoms with Crippen LogP contribution in [0, 0.1) is 5.92 Å². The zero-order valence-electron chi connectivity index (χ0n) is 6.32. The first-order valence-corrected chi connectivity index (χ1v) is 3.98. The maximum Gasteiger partial charge on any atom is 0.100 e. The molecule has 2 heteroatoms. The molecule has 0 N–H and O–H groups in total. The van der Waals surface area contributed by atoms with E-state index in [4.69, 9.17) is 0 Å². The third kappa shape index (κ3) is 1.93. The Labute approximate surface area is 60.6 Å². The Bertz CT molecular complexity index is 101. The van der Waals surface area contributed by atoms with E-state index in [-0.39, 0.29) is 5.92 Å². The molecule has 0 radical (unpaired) electrons. The minimum Gasteiger partial charge on any atom is -0.247 e. The first-order valence-electron chi connectivity index (χ1n) is 3.98. The van der Waals surface area contributed by atoms with Gasteiger partial charge in [0.1, 0.15) is 12.3 Å². The molecule has 60 valence electrons. The third-order valence-electron chi connectivity index (χ3n) is 2.30. The highest BCUT2D eigenvalue weighted by molar-refractivity contribution is 4.75. The molecule has 0 bridgehead atoms. The van der Waals surface area contributed by atoms with Crippen molar-refractivity contribution >= 4 is 0 Å². The fourth-order valence-corrected chi connectivity index (χ4v) is 1.58. The molecule has 10 heavy (non-hydrogen) atoms. The van der Waals surface area contributed by atoms with E-state index in [2.05, 4.69) is 0 Å². The van der Waals surface area contributed by atoms with Gasteiger partial charge in [0.25, 0.3) is 0 Å². The molecule has 1 aliphatic rings. The highest BCUT2D eigenvalue weighted by atomic mass is 19.1. The molecule has 1 saturated carbocycles. The van der Waals surface area contributed by atoms with Crippen LogP contribution in [0.4, 0.5) is 8.78 Å². The number of rotatable bonds is 1. The Morgan fingerprint density at radius 3 is 2.50 bits per heavy atom. The van der Waals surface area contributed by atoms with Crippen molar-refractivity contribution in [1.29, 1.82) is 0 Å². The van der Waals surface area contributed by atoms with E-state index in [1.165, 1.54) is 6.92 Å². The van der Waals surface area contributed by atoms with E-state index in [0.29, 0.717) is 12.8 Å².